The molecule has 178 valence electrons. The fourth-order valence-corrected chi connectivity index (χ4v) is 3.13. The van der Waals surface area contributed by atoms with Crippen molar-refractivity contribution >= 4 is 23.5 Å². The lowest BCUT2D eigenvalue weighted by atomic mass is 10.0. The van der Waals surface area contributed by atoms with E-state index in [1.54, 1.807) is 24.3 Å². The van der Waals surface area contributed by atoms with Crippen LogP contribution >= 0.6 is 0 Å². The monoisotopic (exact) mass is 466 g/mol. The summed E-state index contributed by atoms with van der Waals surface area (Å²) in [7, 11) is 2.90. The fraction of sp³-hybridized carbons (Fsp3) is 0.217. The molecule has 0 aliphatic heterocycles. The zero-order valence-corrected chi connectivity index (χ0v) is 18.7. The van der Waals surface area contributed by atoms with Gasteiger partial charge in [-0.3, -0.25) is 9.59 Å². The minimum atomic E-state index is -1.13. The molecule has 0 bridgehead atoms. The lowest BCUT2D eigenvalue weighted by Crippen LogP contribution is -2.31. The zero-order valence-electron chi connectivity index (χ0n) is 18.7. The van der Waals surface area contributed by atoms with Gasteiger partial charge in [-0.2, -0.15) is 0 Å². The molecule has 1 fully saturated rings. The molecule has 1 aliphatic carbocycles. The number of nitrogens with zero attached hydrogens (tertiary/aromatic N) is 1. The molecule has 11 heteroatoms. The molecule has 2 aromatic rings. The highest BCUT2D eigenvalue weighted by molar-refractivity contribution is 5.94. The number of methoxy groups -OCH3 is 1. The maximum Gasteiger partial charge on any atom is 0.354 e. The van der Waals surface area contributed by atoms with Crippen LogP contribution in [0, 0.1) is 5.92 Å². The molecule has 1 aromatic carbocycles. The molecule has 2 amide bonds. The summed E-state index contributed by atoms with van der Waals surface area (Å²) in [6.45, 7) is 0. The third kappa shape index (κ3) is 5.63. The number of allylic oxidation sites excluding steroid dienone is 1. The van der Waals surface area contributed by atoms with E-state index in [4.69, 9.17) is 21.3 Å². The van der Waals surface area contributed by atoms with E-state index in [9.17, 15) is 14.4 Å². The van der Waals surface area contributed by atoms with Crippen LogP contribution in [-0.4, -0.2) is 42.0 Å². The average molecular weight is 466 g/mol. The Morgan fingerprint density at radius 2 is 1.91 bits per heavy atom. The van der Waals surface area contributed by atoms with Gasteiger partial charge in [0.05, 0.1) is 18.5 Å². The van der Waals surface area contributed by atoms with Gasteiger partial charge in [0.25, 0.3) is 5.91 Å². The van der Waals surface area contributed by atoms with E-state index in [-0.39, 0.29) is 34.7 Å². The molecule has 0 atom stereocenters. The van der Waals surface area contributed by atoms with Crippen LogP contribution in [0.4, 0.5) is 5.69 Å². The summed E-state index contributed by atoms with van der Waals surface area (Å²) in [5.74, 6) is -1.52. The second-order valence-corrected chi connectivity index (χ2v) is 7.52. The molecular weight excluding hydrogens is 440 g/mol. The first-order valence-corrected chi connectivity index (χ1v) is 10.4. The van der Waals surface area contributed by atoms with Gasteiger partial charge in [-0.25, -0.2) is 9.78 Å². The Balaban J connectivity index is 1.98. The first kappa shape index (κ1) is 24.1. The molecule has 1 aliphatic rings. The number of ether oxygens (including phenoxy) is 1. The van der Waals surface area contributed by atoms with E-state index in [1.807, 2.05) is 0 Å². The fourth-order valence-electron chi connectivity index (χ4n) is 3.13. The molecule has 3 rings (SSSR count). The summed E-state index contributed by atoms with van der Waals surface area (Å²) in [5.41, 5.74) is 13.6. The molecule has 0 saturated heterocycles. The van der Waals surface area contributed by atoms with Gasteiger partial charge in [0.1, 0.15) is 23.0 Å². The first-order chi connectivity index (χ1) is 16.2. The number of carboxylic acid groups (broad SMARTS) is 1. The number of benzene rings is 1. The second-order valence-electron chi connectivity index (χ2n) is 7.52. The summed E-state index contributed by atoms with van der Waals surface area (Å²) in [6, 6.07) is 8.20. The number of para-hydroxylation sites is 1. The number of amides is 2. The number of likely N-dealkylation sites (N-methyl/N-ethyl adjacent to an activating group) is 1. The largest absolute Gasteiger partial charge is 0.494 e. The summed E-state index contributed by atoms with van der Waals surface area (Å²) in [4.78, 5) is 39.3. The van der Waals surface area contributed by atoms with Crippen molar-refractivity contribution in [2.45, 2.75) is 12.8 Å². The molecule has 1 saturated carbocycles. The number of aromatic carboxylic acids is 1. The molecule has 11 nitrogen and oxygen atoms in total. The Bertz CT molecular complexity index is 1170. The third-order valence-electron chi connectivity index (χ3n) is 5.06. The Hall–Kier alpha value is -4.54. The minimum Gasteiger partial charge on any atom is -0.494 e. The van der Waals surface area contributed by atoms with Crippen molar-refractivity contribution in [3.8, 4) is 16.9 Å². The number of pyridine rings is 1. The molecule has 0 radical (unpaired) electrons. The van der Waals surface area contributed by atoms with Gasteiger partial charge >= 0.3 is 5.97 Å². The van der Waals surface area contributed by atoms with E-state index < -0.39 is 11.9 Å². The van der Waals surface area contributed by atoms with E-state index in [2.05, 4.69) is 20.9 Å². The predicted octanol–water partition coefficient (Wildman–Crippen LogP) is 1.11. The van der Waals surface area contributed by atoms with Crippen LogP contribution in [0.25, 0.3) is 11.1 Å². The number of carbonyl (C=O) groups is 3. The predicted molar refractivity (Wildman–Crippen MR) is 125 cm³/mol. The normalized spacial score (nSPS) is 14.0. The van der Waals surface area contributed by atoms with Crippen molar-refractivity contribution < 1.29 is 24.2 Å². The van der Waals surface area contributed by atoms with E-state index in [0.29, 0.717) is 22.6 Å². The number of carbonyl (C=O) groups excluding carboxylic acids is 2. The second kappa shape index (κ2) is 10.4. The molecular formula is C23H26N6O5. The smallest absolute Gasteiger partial charge is 0.354 e. The number of hydrogen-bond acceptors (Lipinski definition) is 8. The van der Waals surface area contributed by atoms with Gasteiger partial charge in [0.15, 0.2) is 0 Å². The van der Waals surface area contributed by atoms with Crippen molar-refractivity contribution in [1.82, 2.24) is 15.6 Å². The molecule has 1 aromatic heterocycles. The molecule has 0 unspecified atom stereocenters. The zero-order chi connectivity index (χ0) is 24.8. The Morgan fingerprint density at radius 1 is 1.18 bits per heavy atom. The highest BCUT2D eigenvalue weighted by Gasteiger charge is 2.29. The van der Waals surface area contributed by atoms with Crippen LogP contribution in [0.2, 0.25) is 0 Å². The Morgan fingerprint density at radius 3 is 2.47 bits per heavy atom. The summed E-state index contributed by atoms with van der Waals surface area (Å²) < 4.78 is 5.59. The SMILES string of the molecule is CNC(=O)/C(N)=C(/C=C(\N)NC(=O)C1CC1)Nc1cccc(-c2ccc(C(=O)O)nc2)c1OC. The number of aromatic nitrogens is 1. The number of nitrogens with one attached hydrogen (secondary N) is 3. The maximum atomic E-state index is 12.2. The van der Waals surface area contributed by atoms with Gasteiger partial charge < -0.3 is 37.3 Å². The van der Waals surface area contributed by atoms with E-state index >= 15 is 0 Å². The number of rotatable bonds is 9. The summed E-state index contributed by atoms with van der Waals surface area (Å²) >= 11 is 0. The topological polar surface area (TPSA) is 182 Å². The van der Waals surface area contributed by atoms with Crippen LogP contribution in [0.1, 0.15) is 23.3 Å². The van der Waals surface area contributed by atoms with Gasteiger partial charge in [0.2, 0.25) is 5.91 Å². The van der Waals surface area contributed by atoms with Crippen molar-refractivity contribution in [3.05, 3.63) is 65.5 Å². The number of hydrogen-bond donors (Lipinski definition) is 6. The summed E-state index contributed by atoms with van der Waals surface area (Å²) in [5, 5.41) is 17.2. The van der Waals surface area contributed by atoms with Gasteiger partial charge in [-0.1, -0.05) is 18.2 Å². The van der Waals surface area contributed by atoms with Crippen molar-refractivity contribution in [1.29, 1.82) is 0 Å². The molecule has 8 N–H and O–H groups in total. The Kier molecular flexibility index (Phi) is 7.36. The van der Waals surface area contributed by atoms with E-state index in [1.165, 1.54) is 32.5 Å². The Labute approximate surface area is 195 Å². The molecule has 1 heterocycles. The average Bonchev–Trinajstić information content (AvgIpc) is 3.68. The third-order valence-corrected chi connectivity index (χ3v) is 5.06. The number of nitrogens with two attached hydrogens (primary N) is 2. The quantitative estimate of drug-likeness (QED) is 0.233. The van der Waals surface area contributed by atoms with Crippen molar-refractivity contribution in [2.24, 2.45) is 17.4 Å². The van der Waals surface area contributed by atoms with Crippen LogP contribution in [0.5, 0.6) is 5.75 Å². The molecule has 0 spiro atoms. The van der Waals surface area contributed by atoms with Crippen molar-refractivity contribution in [3.63, 3.8) is 0 Å². The van der Waals surface area contributed by atoms with Crippen molar-refractivity contribution in [2.75, 3.05) is 19.5 Å². The summed E-state index contributed by atoms with van der Waals surface area (Å²) in [6.07, 6.45) is 4.41. The lowest BCUT2D eigenvalue weighted by Gasteiger charge is -2.17. The van der Waals surface area contributed by atoms with E-state index in [0.717, 1.165) is 12.8 Å². The minimum absolute atomic E-state index is 0.0230. The van der Waals surface area contributed by atoms with Crippen LogP contribution in [0.3, 0.4) is 0 Å². The van der Waals surface area contributed by atoms with Gasteiger partial charge in [-0.05, 0) is 25.0 Å². The standard InChI is InChI=1S/C23H26N6O5/c1-26-22(31)19(25)17(10-18(24)29-21(30)12-6-7-12)28-15-5-3-4-14(20(15)34-2)13-8-9-16(23(32)33)27-11-13/h3-5,8-12,28H,6-7,24-25H2,1-2H3,(H,26,31)(H,29,30)(H,32,33)/b18-10+,19-17+. The highest BCUT2D eigenvalue weighted by atomic mass is 16.5. The van der Waals surface area contributed by atoms with Crippen LogP contribution in [0.15, 0.2) is 59.8 Å². The van der Waals surface area contributed by atoms with Crippen LogP contribution < -0.4 is 32.2 Å². The lowest BCUT2D eigenvalue weighted by molar-refractivity contribution is -0.121. The highest BCUT2D eigenvalue weighted by Crippen LogP contribution is 2.37. The van der Waals surface area contributed by atoms with Crippen LogP contribution in [-0.2, 0) is 9.59 Å². The first-order valence-electron chi connectivity index (χ1n) is 10.4. The number of anilines is 1. The van der Waals surface area contributed by atoms with Gasteiger partial charge in [0, 0.05) is 36.4 Å². The van der Waals surface area contributed by atoms with Gasteiger partial charge in [-0.15, -0.1) is 0 Å². The number of carboxylic acids is 1. The molecule has 34 heavy (non-hydrogen) atoms. The maximum absolute atomic E-state index is 12.2.